The number of ether oxygens (including phenoxy) is 2. The largest absolute Gasteiger partial charge is 0.383 e. The molecule has 1 saturated heterocycles. The number of nitrogens with one attached hydrogen (secondary N) is 1. The molecule has 0 amide bonds. The zero-order valence-electron chi connectivity index (χ0n) is 12.2. The maximum Gasteiger partial charge on any atom is 0.0661 e. The number of halogens is 1. The van der Waals surface area contributed by atoms with Crippen LogP contribution in [0.4, 0.5) is 5.69 Å². The van der Waals surface area contributed by atoms with Crippen LogP contribution in [0.3, 0.4) is 0 Å². The molecule has 5 heteroatoms. The number of hydrogen-bond acceptors (Lipinski definition) is 4. The van der Waals surface area contributed by atoms with Crippen LogP contribution in [0.2, 0.25) is 5.02 Å². The highest BCUT2D eigenvalue weighted by atomic mass is 35.5. The van der Waals surface area contributed by atoms with E-state index in [0.717, 1.165) is 43.6 Å². The highest BCUT2D eigenvalue weighted by molar-refractivity contribution is 6.31. The van der Waals surface area contributed by atoms with E-state index in [-0.39, 0.29) is 6.04 Å². The van der Waals surface area contributed by atoms with Crippen LogP contribution in [0.5, 0.6) is 0 Å². The first kappa shape index (κ1) is 15.6. The Kier molecular flexibility index (Phi) is 6.10. The summed E-state index contributed by atoms with van der Waals surface area (Å²) in [6, 6.07) is 6.43. The van der Waals surface area contributed by atoms with Gasteiger partial charge in [-0.25, -0.2) is 0 Å². The molecule has 1 aromatic rings. The Hall–Kier alpha value is -0.810. The molecule has 112 valence electrons. The molecule has 1 N–H and O–H groups in total. The summed E-state index contributed by atoms with van der Waals surface area (Å²) in [6.45, 7) is 7.21. The highest BCUT2D eigenvalue weighted by Crippen LogP contribution is 2.23. The molecule has 1 atom stereocenters. The average molecular weight is 299 g/mol. The van der Waals surface area contributed by atoms with Crippen molar-refractivity contribution in [3.63, 3.8) is 0 Å². The van der Waals surface area contributed by atoms with E-state index in [1.165, 1.54) is 5.56 Å². The standard InChI is InChI=1S/C15H23ClN2O2/c1-12(11-19-2)17-14-4-3-13(15(16)9-14)10-18-5-7-20-8-6-18/h3-4,9,12,17H,5-8,10-11H2,1-2H3. The molecule has 0 spiro atoms. The van der Waals surface area contributed by atoms with Crippen molar-refractivity contribution in [2.75, 3.05) is 45.3 Å². The Labute approximate surface area is 126 Å². The Balaban J connectivity index is 1.94. The molecule has 1 aromatic carbocycles. The fourth-order valence-corrected chi connectivity index (χ4v) is 2.58. The van der Waals surface area contributed by atoms with Gasteiger partial charge in [-0.15, -0.1) is 0 Å². The molecule has 0 aliphatic carbocycles. The van der Waals surface area contributed by atoms with Gasteiger partial charge in [0, 0.05) is 43.5 Å². The zero-order valence-corrected chi connectivity index (χ0v) is 12.9. The van der Waals surface area contributed by atoms with Gasteiger partial charge in [-0.1, -0.05) is 17.7 Å². The number of benzene rings is 1. The lowest BCUT2D eigenvalue weighted by Crippen LogP contribution is -2.35. The molecule has 20 heavy (non-hydrogen) atoms. The molecule has 1 heterocycles. The van der Waals surface area contributed by atoms with Gasteiger partial charge in [0.15, 0.2) is 0 Å². The zero-order chi connectivity index (χ0) is 14.4. The van der Waals surface area contributed by atoms with Crippen molar-refractivity contribution >= 4 is 17.3 Å². The Morgan fingerprint density at radius 1 is 1.40 bits per heavy atom. The first-order valence-electron chi connectivity index (χ1n) is 7.03. The van der Waals surface area contributed by atoms with Crippen LogP contribution in [0.1, 0.15) is 12.5 Å². The van der Waals surface area contributed by atoms with Gasteiger partial charge in [0.25, 0.3) is 0 Å². The number of rotatable bonds is 6. The van der Waals surface area contributed by atoms with Gasteiger partial charge in [0.05, 0.1) is 19.8 Å². The molecule has 1 aliphatic heterocycles. The second-order valence-electron chi connectivity index (χ2n) is 5.20. The predicted molar refractivity (Wildman–Crippen MR) is 82.5 cm³/mol. The van der Waals surface area contributed by atoms with Crippen molar-refractivity contribution in [3.05, 3.63) is 28.8 Å². The maximum absolute atomic E-state index is 6.38. The van der Waals surface area contributed by atoms with Gasteiger partial charge in [-0.3, -0.25) is 4.90 Å². The number of methoxy groups -OCH3 is 1. The molecule has 0 radical (unpaired) electrons. The summed E-state index contributed by atoms with van der Waals surface area (Å²) < 4.78 is 10.5. The van der Waals surface area contributed by atoms with Gasteiger partial charge < -0.3 is 14.8 Å². The molecule has 2 rings (SSSR count). The quantitative estimate of drug-likeness (QED) is 0.875. The molecule has 1 unspecified atom stereocenters. The van der Waals surface area contributed by atoms with Gasteiger partial charge >= 0.3 is 0 Å². The third-order valence-corrected chi connectivity index (χ3v) is 3.73. The third-order valence-electron chi connectivity index (χ3n) is 3.38. The average Bonchev–Trinajstić information content (AvgIpc) is 2.43. The second-order valence-corrected chi connectivity index (χ2v) is 5.60. The topological polar surface area (TPSA) is 33.7 Å². The summed E-state index contributed by atoms with van der Waals surface area (Å²) in [6.07, 6.45) is 0. The van der Waals surface area contributed by atoms with E-state index in [9.17, 15) is 0 Å². The fourth-order valence-electron chi connectivity index (χ4n) is 2.34. The van der Waals surface area contributed by atoms with E-state index >= 15 is 0 Å². The Bertz CT molecular complexity index is 422. The van der Waals surface area contributed by atoms with Crippen LogP contribution in [-0.4, -0.2) is 51.0 Å². The summed E-state index contributed by atoms with van der Waals surface area (Å²) in [5, 5.41) is 4.18. The van der Waals surface area contributed by atoms with Crippen molar-refractivity contribution in [3.8, 4) is 0 Å². The van der Waals surface area contributed by atoms with Gasteiger partial charge in [-0.05, 0) is 24.6 Å². The Morgan fingerprint density at radius 2 is 2.15 bits per heavy atom. The van der Waals surface area contributed by atoms with Crippen LogP contribution in [0.25, 0.3) is 0 Å². The van der Waals surface area contributed by atoms with Crippen LogP contribution < -0.4 is 5.32 Å². The lowest BCUT2D eigenvalue weighted by molar-refractivity contribution is 0.0342. The summed E-state index contributed by atoms with van der Waals surface area (Å²) in [5.41, 5.74) is 2.20. The van der Waals surface area contributed by atoms with Gasteiger partial charge in [0.1, 0.15) is 0 Å². The minimum absolute atomic E-state index is 0.265. The van der Waals surface area contributed by atoms with E-state index in [2.05, 4.69) is 29.3 Å². The van der Waals surface area contributed by atoms with Crippen molar-refractivity contribution in [2.24, 2.45) is 0 Å². The monoisotopic (exact) mass is 298 g/mol. The predicted octanol–water partition coefficient (Wildman–Crippen LogP) is 2.62. The Morgan fingerprint density at radius 3 is 2.80 bits per heavy atom. The van der Waals surface area contributed by atoms with Crippen LogP contribution in [-0.2, 0) is 16.0 Å². The van der Waals surface area contributed by atoms with Crippen molar-refractivity contribution in [1.82, 2.24) is 4.90 Å². The molecule has 1 aliphatic rings. The smallest absolute Gasteiger partial charge is 0.0661 e. The normalized spacial score (nSPS) is 17.9. The lowest BCUT2D eigenvalue weighted by atomic mass is 10.1. The van der Waals surface area contributed by atoms with Crippen LogP contribution >= 0.6 is 11.6 Å². The highest BCUT2D eigenvalue weighted by Gasteiger charge is 2.13. The van der Waals surface area contributed by atoms with E-state index < -0.39 is 0 Å². The lowest BCUT2D eigenvalue weighted by Gasteiger charge is -2.27. The minimum Gasteiger partial charge on any atom is -0.383 e. The van der Waals surface area contributed by atoms with E-state index in [4.69, 9.17) is 21.1 Å². The minimum atomic E-state index is 0.265. The maximum atomic E-state index is 6.38. The van der Waals surface area contributed by atoms with Crippen LogP contribution in [0, 0.1) is 0 Å². The number of hydrogen-bond donors (Lipinski definition) is 1. The number of morpholine rings is 1. The first-order chi connectivity index (χ1) is 9.69. The molecule has 0 aromatic heterocycles. The van der Waals surface area contributed by atoms with Crippen LogP contribution in [0.15, 0.2) is 18.2 Å². The van der Waals surface area contributed by atoms with Gasteiger partial charge in [-0.2, -0.15) is 0 Å². The van der Waals surface area contributed by atoms with Crippen molar-refractivity contribution in [2.45, 2.75) is 19.5 Å². The molecule has 1 fully saturated rings. The summed E-state index contributed by atoms with van der Waals surface area (Å²) in [5.74, 6) is 0. The SMILES string of the molecule is COCC(C)Nc1ccc(CN2CCOCC2)c(Cl)c1. The second kappa shape index (κ2) is 7.84. The number of anilines is 1. The van der Waals surface area contributed by atoms with Crippen molar-refractivity contribution < 1.29 is 9.47 Å². The van der Waals surface area contributed by atoms with E-state index in [0.29, 0.717) is 6.61 Å². The molecule has 0 saturated carbocycles. The molecular formula is C15H23ClN2O2. The number of nitrogens with zero attached hydrogens (tertiary/aromatic N) is 1. The molecule has 4 nitrogen and oxygen atoms in total. The van der Waals surface area contributed by atoms with E-state index in [1.807, 2.05) is 6.07 Å². The third kappa shape index (κ3) is 4.63. The molecular weight excluding hydrogens is 276 g/mol. The summed E-state index contributed by atoms with van der Waals surface area (Å²) >= 11 is 6.38. The summed E-state index contributed by atoms with van der Waals surface area (Å²) in [7, 11) is 1.70. The van der Waals surface area contributed by atoms with Crippen molar-refractivity contribution in [1.29, 1.82) is 0 Å². The fraction of sp³-hybridized carbons (Fsp3) is 0.600. The molecule has 0 bridgehead atoms. The van der Waals surface area contributed by atoms with Gasteiger partial charge in [0.2, 0.25) is 0 Å². The van der Waals surface area contributed by atoms with E-state index in [1.54, 1.807) is 7.11 Å². The summed E-state index contributed by atoms with van der Waals surface area (Å²) in [4.78, 5) is 2.37. The first-order valence-corrected chi connectivity index (χ1v) is 7.41.